The molecule has 208 valence electrons. The van der Waals surface area contributed by atoms with Crippen molar-refractivity contribution in [3.63, 3.8) is 0 Å². The zero-order valence-corrected chi connectivity index (χ0v) is 21.2. The maximum absolute atomic E-state index is 15.6. The monoisotopic (exact) mass is 560 g/mol. The second-order valence-electron chi connectivity index (χ2n) is 9.43. The van der Waals surface area contributed by atoms with Crippen LogP contribution in [-0.2, 0) is 19.1 Å². The number of fused-ring (bicyclic) bond motifs is 1. The average molecular weight is 561 g/mol. The van der Waals surface area contributed by atoms with Gasteiger partial charge in [0.05, 0.1) is 28.3 Å². The first kappa shape index (κ1) is 27.0. The molecule has 3 N–H and O–H groups in total. The molecule has 0 atom stereocenters. The number of aryl methyl sites for hydroxylation is 2. The molecule has 0 fully saturated rings. The number of nitrogens with two attached hydrogens (primary N) is 1. The van der Waals surface area contributed by atoms with Gasteiger partial charge in [-0.3, -0.25) is 0 Å². The molecule has 0 aliphatic carbocycles. The normalized spacial score (nSPS) is 13.3. The Morgan fingerprint density at radius 3 is 2.35 bits per heavy atom. The van der Waals surface area contributed by atoms with Crippen LogP contribution in [0.15, 0.2) is 42.6 Å². The van der Waals surface area contributed by atoms with Crippen LogP contribution >= 0.6 is 0 Å². The number of para-hydroxylation sites is 1. The summed E-state index contributed by atoms with van der Waals surface area (Å²) in [5.41, 5.74) is 6.51. The van der Waals surface area contributed by atoms with E-state index in [1.807, 2.05) is 37.4 Å². The molecule has 1 aliphatic heterocycles. The summed E-state index contributed by atoms with van der Waals surface area (Å²) in [4.78, 5) is 16.4. The highest BCUT2D eigenvalue weighted by Crippen LogP contribution is 2.39. The first-order valence-electron chi connectivity index (χ1n) is 12.1. The van der Waals surface area contributed by atoms with E-state index in [9.17, 15) is 22.4 Å². The Labute approximate surface area is 224 Å². The smallest absolute Gasteiger partial charge is 0.351 e. The Balaban J connectivity index is 1.68. The van der Waals surface area contributed by atoms with Gasteiger partial charge in [-0.2, -0.15) is 18.3 Å². The molecule has 7 nitrogen and oxygen atoms in total. The fourth-order valence-electron chi connectivity index (χ4n) is 4.91. The van der Waals surface area contributed by atoms with Crippen molar-refractivity contribution in [3.05, 3.63) is 88.0 Å². The van der Waals surface area contributed by atoms with E-state index in [1.165, 1.54) is 9.58 Å². The lowest BCUT2D eigenvalue weighted by molar-refractivity contribution is -0.138. The highest BCUT2D eigenvalue weighted by molar-refractivity contribution is 5.88. The fourth-order valence-corrected chi connectivity index (χ4v) is 4.91. The summed E-state index contributed by atoms with van der Waals surface area (Å²) < 4.78 is 86.0. The van der Waals surface area contributed by atoms with Crippen molar-refractivity contribution in [2.75, 3.05) is 16.8 Å². The van der Waals surface area contributed by atoms with E-state index in [0.717, 1.165) is 23.3 Å². The number of primary amides is 1. The molecule has 5 rings (SSSR count). The molecule has 1 aliphatic rings. The zero-order valence-electron chi connectivity index (χ0n) is 21.2. The van der Waals surface area contributed by atoms with Crippen LogP contribution in [0.5, 0.6) is 0 Å². The minimum atomic E-state index is -4.77. The molecule has 2 aromatic heterocycles. The van der Waals surface area contributed by atoms with Gasteiger partial charge in [-0.1, -0.05) is 18.2 Å². The molecular weight excluding hydrogens is 538 g/mol. The number of urea groups is 1. The lowest BCUT2D eigenvalue weighted by Gasteiger charge is -2.28. The molecule has 3 heterocycles. The number of anilines is 2. The predicted molar refractivity (Wildman–Crippen MR) is 136 cm³/mol. The molecule has 4 aromatic rings. The number of hydrogen-bond donors (Lipinski definition) is 2. The molecule has 0 spiro atoms. The van der Waals surface area contributed by atoms with Gasteiger partial charge in [0.2, 0.25) is 0 Å². The average Bonchev–Trinajstić information content (AvgIpc) is 3.23. The second-order valence-corrected chi connectivity index (χ2v) is 9.43. The van der Waals surface area contributed by atoms with Gasteiger partial charge in [-0.25, -0.2) is 27.6 Å². The number of alkyl halides is 3. The summed E-state index contributed by atoms with van der Waals surface area (Å²) in [7, 11) is 0. The number of benzene rings is 2. The zero-order chi connectivity index (χ0) is 28.9. The fraction of sp³-hybridized carbons (Fsp3) is 0.222. The molecule has 2 aromatic carbocycles. The van der Waals surface area contributed by atoms with Crippen molar-refractivity contribution in [1.82, 2.24) is 14.8 Å². The Morgan fingerprint density at radius 1 is 1.02 bits per heavy atom. The van der Waals surface area contributed by atoms with Crippen LogP contribution in [0, 0.1) is 31.3 Å². The van der Waals surface area contributed by atoms with Crippen LogP contribution in [-0.4, -0.2) is 27.3 Å². The van der Waals surface area contributed by atoms with E-state index in [2.05, 4.69) is 4.98 Å². The minimum Gasteiger partial charge on any atom is -0.351 e. The van der Waals surface area contributed by atoms with E-state index in [-0.39, 0.29) is 36.6 Å². The molecule has 0 unspecified atom stereocenters. The van der Waals surface area contributed by atoms with Gasteiger partial charge in [-0.15, -0.1) is 0 Å². The number of nitrogens with zero attached hydrogens (tertiary/aromatic N) is 4. The van der Waals surface area contributed by atoms with E-state index in [1.54, 1.807) is 0 Å². The highest BCUT2D eigenvalue weighted by Gasteiger charge is 2.34. The minimum absolute atomic E-state index is 0.0901. The van der Waals surface area contributed by atoms with Gasteiger partial charge >= 0.3 is 12.2 Å². The lowest BCUT2D eigenvalue weighted by Crippen LogP contribution is -2.32. The number of pyridine rings is 1. The number of rotatable bonds is 4. The number of hydrogen-bond acceptors (Lipinski definition) is 4. The van der Waals surface area contributed by atoms with Crippen LogP contribution < -0.4 is 16.0 Å². The van der Waals surface area contributed by atoms with Crippen molar-refractivity contribution >= 4 is 17.5 Å². The molecule has 0 saturated heterocycles. The Bertz CT molecular complexity index is 1630. The third-order valence-corrected chi connectivity index (χ3v) is 6.70. The standard InChI is InChI=1S/C27H22F6N6O/c1-13-4-3-5-14(2)23(13)39-24(16-9-19(29)22(10-18(16)28)36-26(34)40)17-12-38(7-6-21(17)37-39)25-20(30)8-15(11-35-25)27(31,32)33/h3-5,8-11H,6-7,12H2,1-2H3,(H3,34,36,40). The van der Waals surface area contributed by atoms with Crippen LogP contribution in [0.25, 0.3) is 16.9 Å². The van der Waals surface area contributed by atoms with Gasteiger partial charge in [-0.05, 0) is 37.1 Å². The predicted octanol–water partition coefficient (Wildman–Crippen LogP) is 6.04. The quantitative estimate of drug-likeness (QED) is 0.298. The number of carbonyl (C=O) groups is 1. The second kappa shape index (κ2) is 9.88. The van der Waals surface area contributed by atoms with Crippen LogP contribution in [0.4, 0.5) is 42.6 Å². The summed E-state index contributed by atoms with van der Waals surface area (Å²) in [5.74, 6) is -3.32. The molecule has 13 heteroatoms. The van der Waals surface area contributed by atoms with Crippen LogP contribution in [0.1, 0.15) is 27.9 Å². The van der Waals surface area contributed by atoms with E-state index < -0.39 is 40.9 Å². The van der Waals surface area contributed by atoms with E-state index in [4.69, 9.17) is 10.8 Å². The summed E-state index contributed by atoms with van der Waals surface area (Å²) in [5, 5.41) is 6.73. The van der Waals surface area contributed by atoms with Crippen molar-refractivity contribution in [2.45, 2.75) is 33.0 Å². The van der Waals surface area contributed by atoms with Gasteiger partial charge in [0.15, 0.2) is 11.6 Å². The topological polar surface area (TPSA) is 89.1 Å². The summed E-state index contributed by atoms with van der Waals surface area (Å²) in [6, 6.07) is 6.49. The van der Waals surface area contributed by atoms with Gasteiger partial charge in [0.1, 0.15) is 11.6 Å². The third-order valence-electron chi connectivity index (χ3n) is 6.70. The lowest BCUT2D eigenvalue weighted by atomic mass is 9.99. The van der Waals surface area contributed by atoms with Crippen LogP contribution in [0.3, 0.4) is 0 Å². The molecule has 0 radical (unpaired) electrons. The van der Waals surface area contributed by atoms with Crippen molar-refractivity contribution < 1.29 is 31.1 Å². The number of amides is 2. The SMILES string of the molecule is Cc1cccc(C)c1-n1nc2c(c1-c1cc(F)c(NC(N)=O)cc1F)CN(c1ncc(C(F)(F)F)cc1F)CC2. The Kier molecular flexibility index (Phi) is 6.68. The molecule has 2 amide bonds. The largest absolute Gasteiger partial charge is 0.417 e. The van der Waals surface area contributed by atoms with Gasteiger partial charge < -0.3 is 16.0 Å². The molecule has 0 bridgehead atoms. The summed E-state index contributed by atoms with van der Waals surface area (Å²) in [6.45, 7) is 3.74. The first-order chi connectivity index (χ1) is 18.8. The Hall–Kier alpha value is -4.55. The van der Waals surface area contributed by atoms with Crippen LogP contribution in [0.2, 0.25) is 0 Å². The summed E-state index contributed by atoms with van der Waals surface area (Å²) in [6.07, 6.45) is -3.99. The van der Waals surface area contributed by atoms with Gasteiger partial charge in [0.25, 0.3) is 0 Å². The number of halogens is 6. The molecule has 0 saturated carbocycles. The number of nitrogens with one attached hydrogen (secondary N) is 1. The van der Waals surface area contributed by atoms with Gasteiger partial charge in [0, 0.05) is 42.9 Å². The Morgan fingerprint density at radius 2 is 1.73 bits per heavy atom. The first-order valence-corrected chi connectivity index (χ1v) is 12.1. The summed E-state index contributed by atoms with van der Waals surface area (Å²) >= 11 is 0. The van der Waals surface area contributed by atoms with Crippen molar-refractivity contribution in [1.29, 1.82) is 0 Å². The van der Waals surface area contributed by atoms with E-state index >= 15 is 8.78 Å². The van der Waals surface area contributed by atoms with Crippen molar-refractivity contribution in [3.8, 4) is 16.9 Å². The van der Waals surface area contributed by atoms with E-state index in [0.29, 0.717) is 29.2 Å². The molecular formula is C27H22F6N6O. The maximum atomic E-state index is 15.6. The maximum Gasteiger partial charge on any atom is 0.417 e. The van der Waals surface area contributed by atoms with Crippen molar-refractivity contribution in [2.24, 2.45) is 5.73 Å². The highest BCUT2D eigenvalue weighted by atomic mass is 19.4. The third kappa shape index (κ3) is 4.82. The number of aromatic nitrogens is 3. The molecule has 40 heavy (non-hydrogen) atoms. The number of carbonyl (C=O) groups excluding carboxylic acids is 1.